The van der Waals surface area contributed by atoms with Gasteiger partial charge < -0.3 is 19.8 Å². The predicted molar refractivity (Wildman–Crippen MR) is 104 cm³/mol. The van der Waals surface area contributed by atoms with Gasteiger partial charge >= 0.3 is 11.9 Å². The number of carbonyl (C=O) groups is 3. The lowest BCUT2D eigenvalue weighted by atomic mass is 10.1. The molecule has 1 atom stereocenters. The van der Waals surface area contributed by atoms with Gasteiger partial charge in [0.25, 0.3) is 5.91 Å². The van der Waals surface area contributed by atoms with Crippen molar-refractivity contribution in [2.45, 2.75) is 46.8 Å². The topological polar surface area (TPSA) is 97.5 Å². The molecule has 0 fully saturated rings. The summed E-state index contributed by atoms with van der Waals surface area (Å²) in [5, 5.41) is 2.77. The van der Waals surface area contributed by atoms with Crippen molar-refractivity contribution >= 4 is 17.8 Å². The summed E-state index contributed by atoms with van der Waals surface area (Å²) < 4.78 is 10.3. The number of amides is 1. The van der Waals surface area contributed by atoms with E-state index in [2.05, 4.69) is 10.3 Å². The molecular formula is C21H26N2O5. The number of aromatic nitrogens is 1. The molecule has 0 aliphatic rings. The van der Waals surface area contributed by atoms with Gasteiger partial charge in [0.15, 0.2) is 6.61 Å². The van der Waals surface area contributed by atoms with Crippen LogP contribution in [-0.2, 0) is 14.3 Å². The number of aryl methyl sites for hydroxylation is 1. The lowest BCUT2D eigenvalue weighted by Gasteiger charge is -2.14. The maximum Gasteiger partial charge on any atom is 0.355 e. The molecule has 2 rings (SSSR count). The first-order chi connectivity index (χ1) is 13.2. The minimum Gasteiger partial charge on any atom is -0.459 e. The SMILES string of the molecule is Cc1[nH]c(C(=O)OCC(=O)N[C@H](C)c2ccccc2)c(C)c1C(=O)OC(C)C. The minimum absolute atomic E-state index is 0.136. The number of esters is 2. The van der Waals surface area contributed by atoms with Gasteiger partial charge in [-0.25, -0.2) is 9.59 Å². The van der Waals surface area contributed by atoms with Crippen LogP contribution < -0.4 is 5.32 Å². The van der Waals surface area contributed by atoms with Crippen LogP contribution in [0, 0.1) is 13.8 Å². The van der Waals surface area contributed by atoms with Crippen molar-refractivity contribution in [1.29, 1.82) is 0 Å². The van der Waals surface area contributed by atoms with Gasteiger partial charge in [-0.05, 0) is 45.7 Å². The van der Waals surface area contributed by atoms with E-state index < -0.39 is 24.5 Å². The highest BCUT2D eigenvalue weighted by Gasteiger charge is 2.25. The smallest absolute Gasteiger partial charge is 0.355 e. The van der Waals surface area contributed by atoms with Crippen LogP contribution in [0.2, 0.25) is 0 Å². The van der Waals surface area contributed by atoms with Gasteiger partial charge in [-0.15, -0.1) is 0 Å². The fourth-order valence-electron chi connectivity index (χ4n) is 2.84. The quantitative estimate of drug-likeness (QED) is 0.712. The Hall–Kier alpha value is -3.09. The van der Waals surface area contributed by atoms with Gasteiger partial charge in [0.05, 0.1) is 17.7 Å². The van der Waals surface area contributed by atoms with E-state index in [1.165, 1.54) is 0 Å². The number of H-pyrrole nitrogens is 1. The molecule has 1 amide bonds. The van der Waals surface area contributed by atoms with Gasteiger partial charge in [0, 0.05) is 5.69 Å². The van der Waals surface area contributed by atoms with Crippen LogP contribution in [0.25, 0.3) is 0 Å². The molecule has 1 aromatic heterocycles. The van der Waals surface area contributed by atoms with Crippen LogP contribution in [0.1, 0.15) is 64.5 Å². The average Bonchev–Trinajstić information content (AvgIpc) is 2.94. The molecule has 0 saturated carbocycles. The second kappa shape index (κ2) is 9.21. The van der Waals surface area contributed by atoms with E-state index in [0.717, 1.165) is 5.56 Å². The summed E-state index contributed by atoms with van der Waals surface area (Å²) in [7, 11) is 0. The summed E-state index contributed by atoms with van der Waals surface area (Å²) in [5.74, 6) is -1.62. The monoisotopic (exact) mass is 386 g/mol. The van der Waals surface area contributed by atoms with Crippen molar-refractivity contribution in [3.8, 4) is 0 Å². The molecule has 1 aromatic carbocycles. The molecule has 2 N–H and O–H groups in total. The predicted octanol–water partition coefficient (Wildman–Crippen LogP) is 3.23. The second-order valence-electron chi connectivity index (χ2n) is 6.86. The fraction of sp³-hybridized carbons (Fsp3) is 0.381. The van der Waals surface area contributed by atoms with Crippen LogP contribution in [0.15, 0.2) is 30.3 Å². The van der Waals surface area contributed by atoms with Gasteiger partial charge in [-0.1, -0.05) is 30.3 Å². The molecule has 0 spiro atoms. The van der Waals surface area contributed by atoms with E-state index >= 15 is 0 Å². The zero-order valence-electron chi connectivity index (χ0n) is 16.8. The molecule has 1 heterocycles. The Morgan fingerprint density at radius 1 is 1.04 bits per heavy atom. The van der Waals surface area contributed by atoms with Gasteiger partial charge in [-0.2, -0.15) is 0 Å². The molecule has 28 heavy (non-hydrogen) atoms. The first-order valence-electron chi connectivity index (χ1n) is 9.12. The van der Waals surface area contributed by atoms with Crippen molar-refractivity contribution in [3.05, 3.63) is 58.4 Å². The molecule has 0 bridgehead atoms. The molecule has 150 valence electrons. The summed E-state index contributed by atoms with van der Waals surface area (Å²) >= 11 is 0. The molecular weight excluding hydrogens is 360 g/mol. The molecule has 0 aliphatic carbocycles. The summed E-state index contributed by atoms with van der Waals surface area (Å²) in [6.45, 7) is 8.24. The van der Waals surface area contributed by atoms with Crippen molar-refractivity contribution in [2.75, 3.05) is 6.61 Å². The second-order valence-corrected chi connectivity index (χ2v) is 6.86. The van der Waals surface area contributed by atoms with Gasteiger partial charge in [0.1, 0.15) is 5.69 Å². The summed E-state index contributed by atoms with van der Waals surface area (Å²) in [5.41, 5.74) is 2.34. The van der Waals surface area contributed by atoms with Gasteiger partial charge in [0.2, 0.25) is 0 Å². The zero-order valence-corrected chi connectivity index (χ0v) is 16.8. The highest BCUT2D eigenvalue weighted by molar-refractivity contribution is 5.99. The van der Waals surface area contributed by atoms with Gasteiger partial charge in [-0.3, -0.25) is 4.79 Å². The molecule has 0 radical (unpaired) electrons. The normalized spacial score (nSPS) is 11.8. The van der Waals surface area contributed by atoms with Crippen LogP contribution in [0.5, 0.6) is 0 Å². The Morgan fingerprint density at radius 2 is 1.68 bits per heavy atom. The fourth-order valence-corrected chi connectivity index (χ4v) is 2.84. The van der Waals surface area contributed by atoms with E-state index in [0.29, 0.717) is 16.8 Å². The number of ether oxygens (including phenoxy) is 2. The standard InChI is InChI=1S/C21H26N2O5/c1-12(2)28-20(25)18-13(3)19(23-15(18)5)21(26)27-11-17(24)22-14(4)16-9-7-6-8-10-16/h6-10,12,14,23H,11H2,1-5H3,(H,22,24)/t14-/m1/s1. The minimum atomic E-state index is -0.702. The number of benzene rings is 1. The van der Waals surface area contributed by atoms with E-state index in [4.69, 9.17) is 9.47 Å². The maximum absolute atomic E-state index is 12.4. The number of rotatable bonds is 7. The lowest BCUT2D eigenvalue weighted by Crippen LogP contribution is -2.31. The first-order valence-corrected chi connectivity index (χ1v) is 9.12. The number of hydrogen-bond acceptors (Lipinski definition) is 5. The Bertz CT molecular complexity index is 855. The number of aromatic amines is 1. The summed E-state index contributed by atoms with van der Waals surface area (Å²) in [4.78, 5) is 39.5. The lowest BCUT2D eigenvalue weighted by molar-refractivity contribution is -0.124. The van der Waals surface area contributed by atoms with Crippen LogP contribution in [0.4, 0.5) is 0 Å². The molecule has 7 heteroatoms. The Kier molecular flexibility index (Phi) is 6.98. The third-order valence-corrected chi connectivity index (χ3v) is 4.20. The number of nitrogens with one attached hydrogen (secondary N) is 2. The van der Waals surface area contributed by atoms with Crippen molar-refractivity contribution in [1.82, 2.24) is 10.3 Å². The summed E-state index contributed by atoms with van der Waals surface area (Å²) in [6, 6.07) is 9.26. The number of hydrogen-bond donors (Lipinski definition) is 2. The highest BCUT2D eigenvalue weighted by Crippen LogP contribution is 2.20. The highest BCUT2D eigenvalue weighted by atomic mass is 16.5. The molecule has 0 unspecified atom stereocenters. The Morgan fingerprint density at radius 3 is 2.29 bits per heavy atom. The molecule has 0 aliphatic heterocycles. The molecule has 7 nitrogen and oxygen atoms in total. The molecule has 0 saturated heterocycles. The zero-order chi connectivity index (χ0) is 20.8. The van der Waals surface area contributed by atoms with E-state index in [-0.39, 0.29) is 17.8 Å². The Labute approximate surface area is 164 Å². The summed E-state index contributed by atoms with van der Waals surface area (Å²) in [6.07, 6.45) is -0.271. The largest absolute Gasteiger partial charge is 0.459 e. The van der Waals surface area contributed by atoms with Crippen LogP contribution >= 0.6 is 0 Å². The van der Waals surface area contributed by atoms with Crippen molar-refractivity contribution < 1.29 is 23.9 Å². The van der Waals surface area contributed by atoms with Crippen molar-refractivity contribution in [2.24, 2.45) is 0 Å². The van der Waals surface area contributed by atoms with Crippen molar-refractivity contribution in [3.63, 3.8) is 0 Å². The average molecular weight is 386 g/mol. The van der Waals surface area contributed by atoms with E-state index in [1.54, 1.807) is 27.7 Å². The maximum atomic E-state index is 12.4. The third kappa shape index (κ3) is 5.22. The number of carbonyl (C=O) groups excluding carboxylic acids is 3. The van der Waals surface area contributed by atoms with Crippen LogP contribution in [0.3, 0.4) is 0 Å². The molecule has 2 aromatic rings. The Balaban J connectivity index is 1.98. The first kappa shape index (κ1) is 21.2. The van der Waals surface area contributed by atoms with E-state index in [9.17, 15) is 14.4 Å². The third-order valence-electron chi connectivity index (χ3n) is 4.20. The van der Waals surface area contributed by atoms with E-state index in [1.807, 2.05) is 37.3 Å². The van der Waals surface area contributed by atoms with Crippen LogP contribution in [-0.4, -0.2) is 35.5 Å².